The molecule has 0 aromatic carbocycles. The number of rotatable bonds is 4. The van der Waals surface area contributed by atoms with Gasteiger partial charge in [-0.2, -0.15) is 4.98 Å². The molecule has 2 aromatic rings. The molecule has 1 fully saturated rings. The van der Waals surface area contributed by atoms with Gasteiger partial charge in [-0.15, -0.1) is 11.8 Å². The first-order valence-electron chi connectivity index (χ1n) is 6.87. The van der Waals surface area contributed by atoms with Crippen LogP contribution >= 0.6 is 11.8 Å². The summed E-state index contributed by atoms with van der Waals surface area (Å²) < 4.78 is 5.17. The van der Waals surface area contributed by atoms with Crippen LogP contribution in [0.3, 0.4) is 0 Å². The third kappa shape index (κ3) is 3.51. The SMILES string of the molecule is CSc1cncc(N2CCN(Cc3nc(C)no3)CC2)n1. The van der Waals surface area contributed by atoms with E-state index in [0.29, 0.717) is 18.3 Å². The highest BCUT2D eigenvalue weighted by molar-refractivity contribution is 7.98. The Balaban J connectivity index is 1.57. The van der Waals surface area contributed by atoms with Crippen molar-refractivity contribution < 1.29 is 4.52 Å². The molecule has 0 unspecified atom stereocenters. The molecular formula is C13H18N6OS. The van der Waals surface area contributed by atoms with Crippen LogP contribution in [0.1, 0.15) is 11.7 Å². The van der Waals surface area contributed by atoms with Crippen molar-refractivity contribution in [3.8, 4) is 0 Å². The molecule has 0 N–H and O–H groups in total. The summed E-state index contributed by atoms with van der Waals surface area (Å²) in [7, 11) is 0. The van der Waals surface area contributed by atoms with E-state index in [2.05, 4.69) is 29.9 Å². The molecule has 0 aliphatic carbocycles. The van der Waals surface area contributed by atoms with E-state index >= 15 is 0 Å². The molecule has 3 rings (SSSR count). The molecule has 1 saturated heterocycles. The summed E-state index contributed by atoms with van der Waals surface area (Å²) in [6.07, 6.45) is 5.64. The molecule has 1 aliphatic rings. The molecule has 0 saturated carbocycles. The molecule has 2 aromatic heterocycles. The second-order valence-corrected chi connectivity index (χ2v) is 5.74. The molecule has 7 nitrogen and oxygen atoms in total. The van der Waals surface area contributed by atoms with Crippen molar-refractivity contribution in [3.63, 3.8) is 0 Å². The maximum atomic E-state index is 5.17. The molecule has 0 amide bonds. The minimum absolute atomic E-state index is 0.685. The number of thioether (sulfide) groups is 1. The minimum Gasteiger partial charge on any atom is -0.353 e. The van der Waals surface area contributed by atoms with Crippen LogP contribution in [0, 0.1) is 6.92 Å². The molecule has 0 atom stereocenters. The highest BCUT2D eigenvalue weighted by Crippen LogP contribution is 2.17. The van der Waals surface area contributed by atoms with Crippen LogP contribution in [0.15, 0.2) is 21.9 Å². The number of nitrogens with zero attached hydrogens (tertiary/aromatic N) is 6. The fourth-order valence-corrected chi connectivity index (χ4v) is 2.67. The van der Waals surface area contributed by atoms with E-state index in [-0.39, 0.29) is 0 Å². The first kappa shape index (κ1) is 14.3. The van der Waals surface area contributed by atoms with Crippen LogP contribution < -0.4 is 4.90 Å². The summed E-state index contributed by atoms with van der Waals surface area (Å²) >= 11 is 1.61. The van der Waals surface area contributed by atoms with Gasteiger partial charge in [-0.1, -0.05) is 5.16 Å². The lowest BCUT2D eigenvalue weighted by atomic mass is 10.3. The summed E-state index contributed by atoms with van der Waals surface area (Å²) in [6, 6.07) is 0. The fourth-order valence-electron chi connectivity index (χ4n) is 2.32. The number of hydrogen-bond donors (Lipinski definition) is 0. The number of anilines is 1. The Morgan fingerprint density at radius 1 is 1.19 bits per heavy atom. The van der Waals surface area contributed by atoms with E-state index in [1.807, 2.05) is 19.4 Å². The van der Waals surface area contributed by atoms with Gasteiger partial charge in [-0.25, -0.2) is 4.98 Å². The van der Waals surface area contributed by atoms with Gasteiger partial charge in [-0.3, -0.25) is 9.88 Å². The van der Waals surface area contributed by atoms with Crippen LogP contribution in [0.25, 0.3) is 0 Å². The lowest BCUT2D eigenvalue weighted by Gasteiger charge is -2.34. The molecule has 8 heteroatoms. The molecule has 21 heavy (non-hydrogen) atoms. The first-order chi connectivity index (χ1) is 10.2. The standard InChI is InChI=1S/C13H18N6OS/c1-10-15-12(20-17-10)9-18-3-5-19(6-4-18)11-7-14-8-13(16-11)21-2/h7-8H,3-6,9H2,1-2H3. The highest BCUT2D eigenvalue weighted by atomic mass is 32.2. The maximum absolute atomic E-state index is 5.17. The van der Waals surface area contributed by atoms with Crippen LogP contribution in [0.2, 0.25) is 0 Å². The molecular weight excluding hydrogens is 288 g/mol. The first-order valence-corrected chi connectivity index (χ1v) is 8.09. The molecule has 1 aliphatic heterocycles. The number of hydrogen-bond acceptors (Lipinski definition) is 8. The molecule has 3 heterocycles. The number of aromatic nitrogens is 4. The lowest BCUT2D eigenvalue weighted by Crippen LogP contribution is -2.46. The Morgan fingerprint density at radius 3 is 2.67 bits per heavy atom. The van der Waals surface area contributed by atoms with Crippen LogP contribution in [-0.4, -0.2) is 57.4 Å². The average Bonchev–Trinajstić information content (AvgIpc) is 2.93. The second-order valence-electron chi connectivity index (χ2n) is 4.92. The Kier molecular flexibility index (Phi) is 4.35. The summed E-state index contributed by atoms with van der Waals surface area (Å²) in [5, 5.41) is 4.77. The van der Waals surface area contributed by atoms with Gasteiger partial charge in [0, 0.05) is 26.2 Å². The smallest absolute Gasteiger partial charge is 0.240 e. The molecule has 0 bridgehead atoms. The van der Waals surface area contributed by atoms with Gasteiger partial charge in [0.1, 0.15) is 10.8 Å². The van der Waals surface area contributed by atoms with Crippen molar-refractivity contribution in [2.75, 3.05) is 37.3 Å². The summed E-state index contributed by atoms with van der Waals surface area (Å²) in [5.74, 6) is 2.33. The quantitative estimate of drug-likeness (QED) is 0.781. The van der Waals surface area contributed by atoms with Gasteiger partial charge in [0.05, 0.1) is 18.9 Å². The monoisotopic (exact) mass is 306 g/mol. The van der Waals surface area contributed by atoms with E-state index in [1.165, 1.54) is 0 Å². The zero-order chi connectivity index (χ0) is 14.7. The van der Waals surface area contributed by atoms with E-state index in [1.54, 1.807) is 18.0 Å². The Morgan fingerprint density at radius 2 is 2.00 bits per heavy atom. The minimum atomic E-state index is 0.685. The molecule has 112 valence electrons. The van der Waals surface area contributed by atoms with E-state index in [0.717, 1.165) is 37.0 Å². The third-order valence-electron chi connectivity index (χ3n) is 3.43. The normalized spacial score (nSPS) is 16.4. The van der Waals surface area contributed by atoms with Crippen molar-refractivity contribution in [2.24, 2.45) is 0 Å². The largest absolute Gasteiger partial charge is 0.353 e. The Hall–Kier alpha value is -1.67. The summed E-state index contributed by atoms with van der Waals surface area (Å²) in [5.41, 5.74) is 0. The number of piperazine rings is 1. The van der Waals surface area contributed by atoms with E-state index in [9.17, 15) is 0 Å². The predicted octanol–water partition coefficient (Wildman–Crippen LogP) is 1.21. The van der Waals surface area contributed by atoms with Crippen LogP contribution in [-0.2, 0) is 6.54 Å². The van der Waals surface area contributed by atoms with E-state index in [4.69, 9.17) is 4.52 Å². The van der Waals surface area contributed by atoms with Gasteiger partial charge in [0.15, 0.2) is 5.82 Å². The second kappa shape index (κ2) is 6.40. The van der Waals surface area contributed by atoms with Gasteiger partial charge in [0.2, 0.25) is 5.89 Å². The molecule has 0 spiro atoms. The van der Waals surface area contributed by atoms with Crippen molar-refractivity contribution in [2.45, 2.75) is 18.5 Å². The van der Waals surface area contributed by atoms with Crippen LogP contribution in [0.4, 0.5) is 5.82 Å². The summed E-state index contributed by atoms with van der Waals surface area (Å²) in [4.78, 5) is 17.7. The third-order valence-corrected chi connectivity index (χ3v) is 4.05. The van der Waals surface area contributed by atoms with Gasteiger partial charge >= 0.3 is 0 Å². The average molecular weight is 306 g/mol. The Bertz CT molecular complexity index is 596. The highest BCUT2D eigenvalue weighted by Gasteiger charge is 2.20. The van der Waals surface area contributed by atoms with Crippen LogP contribution in [0.5, 0.6) is 0 Å². The number of aryl methyl sites for hydroxylation is 1. The van der Waals surface area contributed by atoms with Crippen molar-refractivity contribution in [3.05, 3.63) is 24.1 Å². The maximum Gasteiger partial charge on any atom is 0.240 e. The van der Waals surface area contributed by atoms with Crippen molar-refractivity contribution in [1.29, 1.82) is 0 Å². The zero-order valence-electron chi connectivity index (χ0n) is 12.2. The van der Waals surface area contributed by atoms with Crippen molar-refractivity contribution in [1.82, 2.24) is 25.0 Å². The lowest BCUT2D eigenvalue weighted by molar-refractivity contribution is 0.215. The Labute approximate surface area is 127 Å². The van der Waals surface area contributed by atoms with Gasteiger partial charge < -0.3 is 9.42 Å². The predicted molar refractivity (Wildman–Crippen MR) is 80.3 cm³/mol. The van der Waals surface area contributed by atoms with Gasteiger partial charge in [-0.05, 0) is 13.2 Å². The zero-order valence-corrected chi connectivity index (χ0v) is 13.0. The topological polar surface area (TPSA) is 71.2 Å². The summed E-state index contributed by atoms with van der Waals surface area (Å²) in [6.45, 7) is 6.31. The van der Waals surface area contributed by atoms with Crippen molar-refractivity contribution >= 4 is 17.6 Å². The van der Waals surface area contributed by atoms with E-state index < -0.39 is 0 Å². The fraction of sp³-hybridized carbons (Fsp3) is 0.538. The van der Waals surface area contributed by atoms with Gasteiger partial charge in [0.25, 0.3) is 0 Å². The molecule has 0 radical (unpaired) electrons.